The number of hydrogen-bond donors (Lipinski definition) is 1. The van der Waals surface area contributed by atoms with Crippen LogP contribution in [0.5, 0.6) is 0 Å². The third-order valence-electron chi connectivity index (χ3n) is 3.43. The van der Waals surface area contributed by atoms with Crippen molar-refractivity contribution in [3.05, 3.63) is 65.4 Å². The number of aromatic nitrogens is 3. The number of nitrogens with one attached hydrogen (secondary N) is 1. The zero-order chi connectivity index (χ0) is 16.9. The van der Waals surface area contributed by atoms with Gasteiger partial charge in [0.05, 0.1) is 5.69 Å². The molecule has 0 aliphatic rings. The molecule has 1 aromatic heterocycles. The molecule has 3 aromatic rings. The molecule has 0 bridgehead atoms. The van der Waals surface area contributed by atoms with Gasteiger partial charge in [-0.25, -0.2) is 9.67 Å². The predicted octanol–water partition coefficient (Wildman–Crippen LogP) is 3.73. The highest BCUT2D eigenvalue weighted by molar-refractivity contribution is 6.30. The third-order valence-corrected chi connectivity index (χ3v) is 3.66. The Balaban J connectivity index is 2.08. The van der Waals surface area contributed by atoms with Gasteiger partial charge in [0.1, 0.15) is 0 Å². The fraction of sp³-hybridized carbons (Fsp3) is 0.167. The van der Waals surface area contributed by atoms with Gasteiger partial charge in [0.25, 0.3) is 5.91 Å². The maximum Gasteiger partial charge on any atom is 0.290 e. The molecule has 0 fully saturated rings. The van der Waals surface area contributed by atoms with Crippen LogP contribution in [-0.4, -0.2) is 27.2 Å². The molecule has 2 aromatic carbocycles. The smallest absolute Gasteiger partial charge is 0.290 e. The van der Waals surface area contributed by atoms with Crippen LogP contribution >= 0.6 is 11.6 Å². The molecule has 6 heteroatoms. The van der Waals surface area contributed by atoms with Crippen molar-refractivity contribution in [2.24, 2.45) is 0 Å². The van der Waals surface area contributed by atoms with Crippen LogP contribution in [0.4, 0.5) is 0 Å². The molecular formula is C18H17ClN4O. The van der Waals surface area contributed by atoms with Gasteiger partial charge in [-0.15, -0.1) is 5.10 Å². The largest absolute Gasteiger partial charge is 0.349 e. The van der Waals surface area contributed by atoms with Gasteiger partial charge < -0.3 is 5.32 Å². The van der Waals surface area contributed by atoms with Crippen molar-refractivity contribution in [2.45, 2.75) is 13.3 Å². The summed E-state index contributed by atoms with van der Waals surface area (Å²) in [6.07, 6.45) is 0.853. The Hall–Kier alpha value is -2.66. The van der Waals surface area contributed by atoms with Gasteiger partial charge in [0.2, 0.25) is 5.82 Å². The summed E-state index contributed by atoms with van der Waals surface area (Å²) >= 11 is 6.09. The van der Waals surface area contributed by atoms with E-state index in [9.17, 15) is 4.79 Å². The van der Waals surface area contributed by atoms with E-state index < -0.39 is 0 Å². The fourth-order valence-corrected chi connectivity index (χ4v) is 2.48. The van der Waals surface area contributed by atoms with Crippen molar-refractivity contribution >= 4 is 17.5 Å². The van der Waals surface area contributed by atoms with E-state index in [0.717, 1.165) is 17.7 Å². The van der Waals surface area contributed by atoms with Crippen LogP contribution in [0.25, 0.3) is 17.1 Å². The summed E-state index contributed by atoms with van der Waals surface area (Å²) in [5.41, 5.74) is 1.63. The van der Waals surface area contributed by atoms with Crippen molar-refractivity contribution < 1.29 is 4.79 Å². The first kappa shape index (κ1) is 16.2. The van der Waals surface area contributed by atoms with Gasteiger partial charge in [-0.3, -0.25) is 4.79 Å². The predicted molar refractivity (Wildman–Crippen MR) is 94.4 cm³/mol. The molecule has 122 valence electrons. The van der Waals surface area contributed by atoms with Crippen LogP contribution in [0, 0.1) is 0 Å². The van der Waals surface area contributed by atoms with Crippen molar-refractivity contribution in [2.75, 3.05) is 6.54 Å². The van der Waals surface area contributed by atoms with Gasteiger partial charge in [-0.1, -0.05) is 48.9 Å². The number of halogens is 1. The molecule has 0 aliphatic heterocycles. The number of carbonyl (C=O) groups excluding carboxylic acids is 1. The molecule has 0 radical (unpaired) electrons. The minimum Gasteiger partial charge on any atom is -0.349 e. The Morgan fingerprint density at radius 2 is 1.96 bits per heavy atom. The lowest BCUT2D eigenvalue weighted by atomic mass is 10.2. The molecule has 3 rings (SSSR count). The molecule has 1 heterocycles. The lowest BCUT2D eigenvalue weighted by Crippen LogP contribution is -2.25. The SMILES string of the molecule is CCCNC(=O)c1nc(-c2cccc(Cl)c2)n(-c2ccccc2)n1. The number of amides is 1. The van der Waals surface area contributed by atoms with E-state index in [2.05, 4.69) is 15.4 Å². The number of nitrogens with zero attached hydrogens (tertiary/aromatic N) is 3. The molecular weight excluding hydrogens is 324 g/mol. The Kier molecular flexibility index (Phi) is 4.91. The summed E-state index contributed by atoms with van der Waals surface area (Å²) in [6.45, 7) is 2.58. The van der Waals surface area contributed by atoms with Gasteiger partial charge in [-0.05, 0) is 30.7 Å². The van der Waals surface area contributed by atoms with Crippen LogP contribution in [0.15, 0.2) is 54.6 Å². The van der Waals surface area contributed by atoms with E-state index >= 15 is 0 Å². The van der Waals surface area contributed by atoms with Crippen molar-refractivity contribution in [3.63, 3.8) is 0 Å². The summed E-state index contributed by atoms with van der Waals surface area (Å²) in [5.74, 6) is 0.433. The van der Waals surface area contributed by atoms with Crippen molar-refractivity contribution in [1.82, 2.24) is 20.1 Å². The van der Waals surface area contributed by atoms with Gasteiger partial charge in [-0.2, -0.15) is 0 Å². The number of carbonyl (C=O) groups is 1. The maximum atomic E-state index is 12.2. The molecule has 1 N–H and O–H groups in total. The quantitative estimate of drug-likeness (QED) is 0.770. The summed E-state index contributed by atoms with van der Waals surface area (Å²) in [6, 6.07) is 16.9. The Morgan fingerprint density at radius 1 is 1.17 bits per heavy atom. The van der Waals surface area contributed by atoms with Gasteiger partial charge >= 0.3 is 0 Å². The molecule has 0 saturated heterocycles. The number of para-hydroxylation sites is 1. The first-order chi connectivity index (χ1) is 11.7. The zero-order valence-corrected chi connectivity index (χ0v) is 14.0. The van der Waals surface area contributed by atoms with E-state index in [-0.39, 0.29) is 11.7 Å². The molecule has 0 aliphatic carbocycles. The normalized spacial score (nSPS) is 10.6. The van der Waals surface area contributed by atoms with Gasteiger partial charge in [0.15, 0.2) is 5.82 Å². The molecule has 0 unspecified atom stereocenters. The average Bonchev–Trinajstić information content (AvgIpc) is 3.06. The lowest BCUT2D eigenvalue weighted by Gasteiger charge is -2.05. The highest BCUT2D eigenvalue weighted by atomic mass is 35.5. The molecule has 0 spiro atoms. The lowest BCUT2D eigenvalue weighted by molar-refractivity contribution is 0.0943. The van der Waals surface area contributed by atoms with Crippen LogP contribution in [0.2, 0.25) is 5.02 Å². The zero-order valence-electron chi connectivity index (χ0n) is 13.2. The van der Waals surface area contributed by atoms with E-state index in [1.54, 1.807) is 16.8 Å². The first-order valence-electron chi connectivity index (χ1n) is 7.75. The van der Waals surface area contributed by atoms with E-state index in [4.69, 9.17) is 11.6 Å². The number of rotatable bonds is 5. The van der Waals surface area contributed by atoms with Gasteiger partial charge in [0, 0.05) is 17.1 Å². The summed E-state index contributed by atoms with van der Waals surface area (Å²) < 4.78 is 1.66. The second-order valence-corrected chi connectivity index (χ2v) is 5.71. The number of benzene rings is 2. The molecule has 24 heavy (non-hydrogen) atoms. The summed E-state index contributed by atoms with van der Waals surface area (Å²) in [5, 5.41) is 7.79. The second-order valence-electron chi connectivity index (χ2n) is 5.27. The fourth-order valence-electron chi connectivity index (χ4n) is 2.29. The van der Waals surface area contributed by atoms with E-state index in [0.29, 0.717) is 17.4 Å². The second kappa shape index (κ2) is 7.27. The van der Waals surface area contributed by atoms with E-state index in [1.807, 2.05) is 49.4 Å². The molecule has 1 amide bonds. The molecule has 0 saturated carbocycles. The Morgan fingerprint density at radius 3 is 2.67 bits per heavy atom. The van der Waals surface area contributed by atoms with Crippen LogP contribution in [-0.2, 0) is 0 Å². The van der Waals surface area contributed by atoms with E-state index in [1.165, 1.54) is 0 Å². The van der Waals surface area contributed by atoms with Crippen LogP contribution in [0.3, 0.4) is 0 Å². The summed E-state index contributed by atoms with van der Waals surface area (Å²) in [4.78, 5) is 16.7. The maximum absolute atomic E-state index is 12.2. The monoisotopic (exact) mass is 340 g/mol. The number of hydrogen-bond acceptors (Lipinski definition) is 3. The Bertz CT molecular complexity index is 845. The topological polar surface area (TPSA) is 59.8 Å². The van der Waals surface area contributed by atoms with Crippen molar-refractivity contribution in [3.8, 4) is 17.1 Å². The average molecular weight is 341 g/mol. The molecule has 5 nitrogen and oxygen atoms in total. The minimum absolute atomic E-state index is 0.141. The minimum atomic E-state index is -0.283. The van der Waals surface area contributed by atoms with Crippen LogP contribution < -0.4 is 5.32 Å². The first-order valence-corrected chi connectivity index (χ1v) is 8.13. The third kappa shape index (κ3) is 3.46. The standard InChI is InChI=1S/C18H17ClN4O/c1-2-11-20-18(24)16-21-17(13-7-6-8-14(19)12-13)23(22-16)15-9-4-3-5-10-15/h3-10,12H,2,11H2,1H3,(H,20,24). The molecule has 0 atom stereocenters. The van der Waals surface area contributed by atoms with Crippen molar-refractivity contribution in [1.29, 1.82) is 0 Å². The summed E-state index contributed by atoms with van der Waals surface area (Å²) in [7, 11) is 0. The van der Waals surface area contributed by atoms with Crippen LogP contribution in [0.1, 0.15) is 24.0 Å². The highest BCUT2D eigenvalue weighted by Gasteiger charge is 2.18. The highest BCUT2D eigenvalue weighted by Crippen LogP contribution is 2.23. The Labute approximate surface area is 145 Å².